The lowest BCUT2D eigenvalue weighted by atomic mass is 9.64. The van der Waals surface area contributed by atoms with Crippen LogP contribution in [0.5, 0.6) is 5.75 Å². The number of carbonyl (C=O) groups is 1. The van der Waals surface area contributed by atoms with Crippen LogP contribution in [0.25, 0.3) is 0 Å². The molecule has 0 aliphatic heterocycles. The molecule has 2 rings (SSSR count). The summed E-state index contributed by atoms with van der Waals surface area (Å²) in [6.07, 6.45) is 4.28. The summed E-state index contributed by atoms with van der Waals surface area (Å²) in [5, 5.41) is 3.11. The second-order valence-electron chi connectivity index (χ2n) is 6.68. The van der Waals surface area contributed by atoms with Crippen LogP contribution >= 0.6 is 0 Å². The highest BCUT2D eigenvalue weighted by atomic mass is 16.5. The highest BCUT2D eigenvalue weighted by Gasteiger charge is 2.43. The standard InChI is InChI=1S/C18H27NO2/c1-13(2)18(11-9-14(3)10-12-18)17(20)19-15-5-7-16(21-4)8-6-15/h5-8,13-14H,9-12H2,1-4H3,(H,19,20). The predicted octanol–water partition coefficient (Wildman–Crippen LogP) is 4.49. The Hall–Kier alpha value is -1.51. The van der Waals surface area contributed by atoms with E-state index in [2.05, 4.69) is 26.1 Å². The van der Waals surface area contributed by atoms with Crippen molar-refractivity contribution in [3.63, 3.8) is 0 Å². The van der Waals surface area contributed by atoms with E-state index in [0.717, 1.165) is 43.0 Å². The van der Waals surface area contributed by atoms with Gasteiger partial charge in [0.1, 0.15) is 5.75 Å². The number of nitrogens with one attached hydrogen (secondary N) is 1. The van der Waals surface area contributed by atoms with Gasteiger partial charge in [-0.1, -0.05) is 20.8 Å². The number of methoxy groups -OCH3 is 1. The van der Waals surface area contributed by atoms with Crippen LogP contribution in [-0.4, -0.2) is 13.0 Å². The zero-order chi connectivity index (χ0) is 15.5. The maximum absolute atomic E-state index is 12.8. The number of amides is 1. The highest BCUT2D eigenvalue weighted by molar-refractivity contribution is 5.95. The van der Waals surface area contributed by atoms with Gasteiger partial charge >= 0.3 is 0 Å². The average Bonchev–Trinajstić information content (AvgIpc) is 2.48. The highest BCUT2D eigenvalue weighted by Crippen LogP contribution is 2.45. The van der Waals surface area contributed by atoms with E-state index < -0.39 is 0 Å². The summed E-state index contributed by atoms with van der Waals surface area (Å²) in [7, 11) is 1.64. The molecule has 1 aliphatic rings. The fourth-order valence-corrected chi connectivity index (χ4v) is 3.27. The van der Waals surface area contributed by atoms with Gasteiger partial charge in [-0.05, 0) is 61.8 Å². The Balaban J connectivity index is 2.11. The van der Waals surface area contributed by atoms with Crippen molar-refractivity contribution in [2.24, 2.45) is 17.3 Å². The Bertz CT molecular complexity index is 470. The number of hydrogen-bond acceptors (Lipinski definition) is 2. The van der Waals surface area contributed by atoms with E-state index in [4.69, 9.17) is 4.74 Å². The number of anilines is 1. The van der Waals surface area contributed by atoms with E-state index in [9.17, 15) is 4.79 Å². The number of carbonyl (C=O) groups excluding carboxylic acids is 1. The lowest BCUT2D eigenvalue weighted by molar-refractivity contribution is -0.130. The monoisotopic (exact) mass is 289 g/mol. The van der Waals surface area contributed by atoms with E-state index in [0.29, 0.717) is 5.92 Å². The minimum absolute atomic E-state index is 0.176. The summed E-state index contributed by atoms with van der Waals surface area (Å²) in [6.45, 7) is 6.62. The Morgan fingerprint density at radius 2 is 1.81 bits per heavy atom. The number of hydrogen-bond donors (Lipinski definition) is 1. The topological polar surface area (TPSA) is 38.3 Å². The first-order chi connectivity index (χ1) is 9.98. The smallest absolute Gasteiger partial charge is 0.230 e. The van der Waals surface area contributed by atoms with Crippen LogP contribution in [0.4, 0.5) is 5.69 Å². The molecule has 1 N–H and O–H groups in total. The molecule has 0 atom stereocenters. The van der Waals surface area contributed by atoms with Crippen molar-refractivity contribution in [3.8, 4) is 5.75 Å². The Morgan fingerprint density at radius 1 is 1.24 bits per heavy atom. The molecular weight excluding hydrogens is 262 g/mol. The zero-order valence-corrected chi connectivity index (χ0v) is 13.6. The van der Waals surface area contributed by atoms with Crippen LogP contribution < -0.4 is 10.1 Å². The minimum Gasteiger partial charge on any atom is -0.497 e. The van der Waals surface area contributed by atoms with Gasteiger partial charge in [-0.25, -0.2) is 0 Å². The van der Waals surface area contributed by atoms with E-state index >= 15 is 0 Å². The van der Waals surface area contributed by atoms with Crippen molar-refractivity contribution in [2.75, 3.05) is 12.4 Å². The van der Waals surface area contributed by atoms with Crippen LogP contribution in [0.1, 0.15) is 46.5 Å². The molecule has 0 unspecified atom stereocenters. The third kappa shape index (κ3) is 3.39. The molecule has 3 heteroatoms. The molecule has 3 nitrogen and oxygen atoms in total. The van der Waals surface area contributed by atoms with Gasteiger partial charge in [0.2, 0.25) is 5.91 Å². The number of rotatable bonds is 4. The molecule has 0 bridgehead atoms. The van der Waals surface area contributed by atoms with Crippen LogP contribution in [0.2, 0.25) is 0 Å². The van der Waals surface area contributed by atoms with Crippen LogP contribution in [0, 0.1) is 17.3 Å². The Kier molecular flexibility index (Phi) is 4.92. The fourth-order valence-electron chi connectivity index (χ4n) is 3.27. The summed E-state index contributed by atoms with van der Waals surface area (Å²) in [4.78, 5) is 12.8. The third-order valence-corrected chi connectivity index (χ3v) is 5.07. The molecule has 0 radical (unpaired) electrons. The van der Waals surface area contributed by atoms with Crippen molar-refractivity contribution in [1.29, 1.82) is 0 Å². The molecule has 1 aromatic carbocycles. The van der Waals surface area contributed by atoms with Gasteiger partial charge in [0.05, 0.1) is 12.5 Å². The SMILES string of the molecule is COc1ccc(NC(=O)C2(C(C)C)CCC(C)CC2)cc1. The molecular formula is C18H27NO2. The first-order valence-corrected chi connectivity index (χ1v) is 7.93. The van der Waals surface area contributed by atoms with Gasteiger partial charge in [0.25, 0.3) is 0 Å². The fraction of sp³-hybridized carbons (Fsp3) is 0.611. The summed E-state index contributed by atoms with van der Waals surface area (Å²) >= 11 is 0. The van der Waals surface area contributed by atoms with E-state index in [1.165, 1.54) is 0 Å². The number of benzene rings is 1. The van der Waals surface area contributed by atoms with E-state index in [-0.39, 0.29) is 11.3 Å². The quantitative estimate of drug-likeness (QED) is 0.887. The summed E-state index contributed by atoms with van der Waals surface area (Å²) in [5.41, 5.74) is 0.631. The molecule has 1 aliphatic carbocycles. The molecule has 1 amide bonds. The molecule has 21 heavy (non-hydrogen) atoms. The van der Waals surface area contributed by atoms with Crippen molar-refractivity contribution in [2.45, 2.75) is 46.5 Å². The largest absolute Gasteiger partial charge is 0.497 e. The number of ether oxygens (including phenoxy) is 1. The summed E-state index contributed by atoms with van der Waals surface area (Å²) < 4.78 is 5.15. The van der Waals surface area contributed by atoms with Gasteiger partial charge in [-0.2, -0.15) is 0 Å². The van der Waals surface area contributed by atoms with Crippen LogP contribution in [0.15, 0.2) is 24.3 Å². The first-order valence-electron chi connectivity index (χ1n) is 7.93. The van der Waals surface area contributed by atoms with Gasteiger partial charge in [0.15, 0.2) is 0 Å². The third-order valence-electron chi connectivity index (χ3n) is 5.07. The molecule has 1 saturated carbocycles. The van der Waals surface area contributed by atoms with Gasteiger partial charge in [-0.15, -0.1) is 0 Å². The second kappa shape index (κ2) is 6.50. The van der Waals surface area contributed by atoms with Gasteiger partial charge < -0.3 is 10.1 Å². The molecule has 116 valence electrons. The van der Waals surface area contributed by atoms with Crippen molar-refractivity contribution < 1.29 is 9.53 Å². The Morgan fingerprint density at radius 3 is 2.29 bits per heavy atom. The summed E-state index contributed by atoms with van der Waals surface area (Å²) in [5.74, 6) is 2.08. The minimum atomic E-state index is -0.216. The molecule has 0 aromatic heterocycles. The van der Waals surface area contributed by atoms with Gasteiger partial charge in [0, 0.05) is 5.69 Å². The van der Waals surface area contributed by atoms with Crippen molar-refractivity contribution in [3.05, 3.63) is 24.3 Å². The molecule has 0 spiro atoms. The lowest BCUT2D eigenvalue weighted by Crippen LogP contribution is -2.43. The molecule has 1 fully saturated rings. The van der Waals surface area contributed by atoms with E-state index in [1.807, 2.05) is 24.3 Å². The lowest BCUT2D eigenvalue weighted by Gasteiger charge is -2.41. The zero-order valence-electron chi connectivity index (χ0n) is 13.6. The predicted molar refractivity (Wildman–Crippen MR) is 86.5 cm³/mol. The molecule has 0 heterocycles. The summed E-state index contributed by atoms with van der Waals surface area (Å²) in [6, 6.07) is 7.55. The van der Waals surface area contributed by atoms with Crippen molar-refractivity contribution in [1.82, 2.24) is 0 Å². The molecule has 0 saturated heterocycles. The van der Waals surface area contributed by atoms with Gasteiger partial charge in [-0.3, -0.25) is 4.79 Å². The first kappa shape index (κ1) is 15.9. The maximum Gasteiger partial charge on any atom is 0.230 e. The average molecular weight is 289 g/mol. The second-order valence-corrected chi connectivity index (χ2v) is 6.68. The molecule has 1 aromatic rings. The normalized spacial score (nSPS) is 25.7. The van der Waals surface area contributed by atoms with Crippen molar-refractivity contribution >= 4 is 11.6 Å². The van der Waals surface area contributed by atoms with Crippen LogP contribution in [0.3, 0.4) is 0 Å². The van der Waals surface area contributed by atoms with Crippen LogP contribution in [-0.2, 0) is 4.79 Å². The Labute approximate surface area is 128 Å². The maximum atomic E-state index is 12.8. The van der Waals surface area contributed by atoms with E-state index in [1.54, 1.807) is 7.11 Å².